The van der Waals surface area contributed by atoms with E-state index in [-0.39, 0.29) is 6.23 Å². The number of carbonyl (C=O) groups is 1. The van der Waals surface area contributed by atoms with Gasteiger partial charge >= 0.3 is 5.97 Å². The molecule has 3 aromatic heterocycles. The highest BCUT2D eigenvalue weighted by atomic mass is 16.5. The Kier molecular flexibility index (Phi) is 4.15. The smallest absolute Gasteiger partial charge is 0.337 e. The Morgan fingerprint density at radius 2 is 2.12 bits per heavy atom. The van der Waals surface area contributed by atoms with Crippen molar-refractivity contribution in [3.8, 4) is 11.4 Å². The molecule has 4 heterocycles. The van der Waals surface area contributed by atoms with Gasteiger partial charge in [0.1, 0.15) is 0 Å². The van der Waals surface area contributed by atoms with Gasteiger partial charge in [0.2, 0.25) is 0 Å². The molecule has 7 heteroatoms. The average Bonchev–Trinajstić information content (AvgIpc) is 3.11. The van der Waals surface area contributed by atoms with E-state index in [1.165, 1.54) is 7.11 Å². The Bertz CT molecular complexity index is 916. The summed E-state index contributed by atoms with van der Waals surface area (Å²) in [4.78, 5) is 20.5. The molecular formula is C18H18N4O3. The van der Waals surface area contributed by atoms with E-state index in [1.807, 2.05) is 10.7 Å². The van der Waals surface area contributed by atoms with Crippen molar-refractivity contribution >= 4 is 16.9 Å². The quantitative estimate of drug-likeness (QED) is 0.683. The van der Waals surface area contributed by atoms with Gasteiger partial charge in [-0.2, -0.15) is 5.10 Å². The fourth-order valence-corrected chi connectivity index (χ4v) is 3.04. The van der Waals surface area contributed by atoms with Crippen molar-refractivity contribution in [3.05, 3.63) is 42.4 Å². The van der Waals surface area contributed by atoms with Crippen molar-refractivity contribution in [3.63, 3.8) is 0 Å². The molecule has 1 atom stereocenters. The van der Waals surface area contributed by atoms with Gasteiger partial charge in [0.15, 0.2) is 6.23 Å². The van der Waals surface area contributed by atoms with E-state index in [0.717, 1.165) is 36.8 Å². The van der Waals surface area contributed by atoms with Crippen molar-refractivity contribution in [2.24, 2.45) is 0 Å². The molecule has 1 fully saturated rings. The Morgan fingerprint density at radius 1 is 1.24 bits per heavy atom. The molecule has 25 heavy (non-hydrogen) atoms. The van der Waals surface area contributed by atoms with Crippen LogP contribution in [0.2, 0.25) is 0 Å². The van der Waals surface area contributed by atoms with Crippen molar-refractivity contribution in [1.82, 2.24) is 19.7 Å². The van der Waals surface area contributed by atoms with Crippen LogP contribution in [0.5, 0.6) is 0 Å². The van der Waals surface area contributed by atoms with E-state index in [2.05, 4.69) is 15.1 Å². The molecule has 0 bridgehead atoms. The van der Waals surface area contributed by atoms with E-state index in [0.29, 0.717) is 17.0 Å². The SMILES string of the molecule is COC(=O)c1ccnc(-c2cc3c(cn2)cnn3C2CCCCO2)c1. The van der Waals surface area contributed by atoms with Gasteiger partial charge in [0, 0.05) is 24.4 Å². The molecule has 0 aliphatic carbocycles. The number of hydrogen-bond donors (Lipinski definition) is 0. The first-order chi connectivity index (χ1) is 12.3. The van der Waals surface area contributed by atoms with Crippen LogP contribution in [0.3, 0.4) is 0 Å². The number of esters is 1. The van der Waals surface area contributed by atoms with Crippen LogP contribution in [0.25, 0.3) is 22.3 Å². The lowest BCUT2D eigenvalue weighted by molar-refractivity contribution is -0.0366. The summed E-state index contributed by atoms with van der Waals surface area (Å²) >= 11 is 0. The second-order valence-corrected chi connectivity index (χ2v) is 5.96. The summed E-state index contributed by atoms with van der Waals surface area (Å²) in [6.07, 6.45) is 8.26. The van der Waals surface area contributed by atoms with Crippen LogP contribution in [-0.2, 0) is 9.47 Å². The van der Waals surface area contributed by atoms with E-state index in [4.69, 9.17) is 9.47 Å². The number of carbonyl (C=O) groups excluding carboxylic acids is 1. The van der Waals surface area contributed by atoms with Gasteiger partial charge in [0.25, 0.3) is 0 Å². The summed E-state index contributed by atoms with van der Waals surface area (Å²) in [5.74, 6) is -0.398. The second-order valence-electron chi connectivity index (χ2n) is 5.96. The number of rotatable bonds is 3. The Labute approximate surface area is 144 Å². The standard InChI is InChI=1S/C18H18N4O3/c1-24-18(23)12-5-6-19-14(8-12)15-9-16-13(10-20-15)11-21-22(16)17-4-2-3-7-25-17/h5-6,8-11,17H,2-4,7H2,1H3. The third-order valence-corrected chi connectivity index (χ3v) is 4.35. The van der Waals surface area contributed by atoms with Crippen molar-refractivity contribution < 1.29 is 14.3 Å². The predicted octanol–water partition coefficient (Wildman–Crippen LogP) is 2.98. The molecule has 0 amide bonds. The van der Waals surface area contributed by atoms with Gasteiger partial charge in [-0.05, 0) is 37.5 Å². The van der Waals surface area contributed by atoms with Crippen molar-refractivity contribution in [2.45, 2.75) is 25.5 Å². The predicted molar refractivity (Wildman–Crippen MR) is 90.9 cm³/mol. The number of aromatic nitrogens is 4. The van der Waals surface area contributed by atoms with Crippen molar-refractivity contribution in [1.29, 1.82) is 0 Å². The van der Waals surface area contributed by atoms with Gasteiger partial charge in [-0.1, -0.05) is 0 Å². The van der Waals surface area contributed by atoms with Crippen molar-refractivity contribution in [2.75, 3.05) is 13.7 Å². The number of fused-ring (bicyclic) bond motifs is 1. The van der Waals surface area contributed by atoms with Crippen LogP contribution in [0.4, 0.5) is 0 Å². The molecular weight excluding hydrogens is 320 g/mol. The monoisotopic (exact) mass is 338 g/mol. The molecule has 0 saturated carbocycles. The maximum absolute atomic E-state index is 11.7. The fraction of sp³-hybridized carbons (Fsp3) is 0.333. The number of pyridine rings is 2. The Hall–Kier alpha value is -2.80. The van der Waals surface area contributed by atoms with Crippen LogP contribution in [0.1, 0.15) is 35.8 Å². The van der Waals surface area contributed by atoms with E-state index in [1.54, 1.807) is 30.7 Å². The largest absolute Gasteiger partial charge is 0.465 e. The van der Waals surface area contributed by atoms with E-state index < -0.39 is 5.97 Å². The first-order valence-corrected chi connectivity index (χ1v) is 8.26. The summed E-state index contributed by atoms with van der Waals surface area (Å²) in [6, 6.07) is 5.23. The lowest BCUT2D eigenvalue weighted by Crippen LogP contribution is -2.19. The summed E-state index contributed by atoms with van der Waals surface area (Å²) in [5, 5.41) is 5.42. The zero-order valence-corrected chi connectivity index (χ0v) is 13.9. The summed E-state index contributed by atoms with van der Waals surface area (Å²) in [6.45, 7) is 0.757. The third kappa shape index (κ3) is 2.98. The highest BCUT2D eigenvalue weighted by Gasteiger charge is 2.19. The number of hydrogen-bond acceptors (Lipinski definition) is 6. The Balaban J connectivity index is 1.74. The minimum absolute atomic E-state index is 0.0455. The molecule has 0 N–H and O–H groups in total. The Morgan fingerprint density at radius 3 is 2.92 bits per heavy atom. The zero-order chi connectivity index (χ0) is 17.2. The molecule has 1 saturated heterocycles. The maximum atomic E-state index is 11.7. The lowest BCUT2D eigenvalue weighted by atomic mass is 10.1. The van der Waals surface area contributed by atoms with Crippen LogP contribution in [0, 0.1) is 0 Å². The normalized spacial score (nSPS) is 17.6. The molecule has 7 nitrogen and oxygen atoms in total. The van der Waals surface area contributed by atoms with Gasteiger partial charge in [-0.15, -0.1) is 0 Å². The molecule has 128 valence electrons. The number of nitrogens with zero attached hydrogens (tertiary/aromatic N) is 4. The molecule has 1 aliphatic heterocycles. The maximum Gasteiger partial charge on any atom is 0.337 e. The highest BCUT2D eigenvalue weighted by molar-refractivity contribution is 5.90. The fourth-order valence-electron chi connectivity index (χ4n) is 3.04. The average molecular weight is 338 g/mol. The van der Waals surface area contributed by atoms with Gasteiger partial charge < -0.3 is 9.47 Å². The molecule has 1 unspecified atom stereocenters. The van der Waals surface area contributed by atoms with Crippen LogP contribution in [0.15, 0.2) is 36.8 Å². The molecule has 3 aromatic rings. The molecule has 4 rings (SSSR count). The summed E-state index contributed by atoms with van der Waals surface area (Å²) < 4.78 is 12.5. The topological polar surface area (TPSA) is 79.1 Å². The van der Waals surface area contributed by atoms with E-state index >= 15 is 0 Å². The third-order valence-electron chi connectivity index (χ3n) is 4.35. The number of ether oxygens (including phenoxy) is 2. The van der Waals surface area contributed by atoms with Crippen LogP contribution < -0.4 is 0 Å². The van der Waals surface area contributed by atoms with Gasteiger partial charge in [0.05, 0.1) is 35.8 Å². The molecule has 0 radical (unpaired) electrons. The van der Waals surface area contributed by atoms with Crippen LogP contribution >= 0.6 is 0 Å². The summed E-state index contributed by atoms with van der Waals surface area (Å²) in [5.41, 5.74) is 2.68. The van der Waals surface area contributed by atoms with E-state index in [9.17, 15) is 4.79 Å². The minimum atomic E-state index is -0.398. The second kappa shape index (κ2) is 6.60. The minimum Gasteiger partial charge on any atom is -0.465 e. The van der Waals surface area contributed by atoms with Gasteiger partial charge in [-0.25, -0.2) is 9.48 Å². The molecule has 1 aliphatic rings. The van der Waals surface area contributed by atoms with Crippen LogP contribution in [-0.4, -0.2) is 39.4 Å². The first-order valence-electron chi connectivity index (χ1n) is 8.26. The lowest BCUT2D eigenvalue weighted by Gasteiger charge is -2.23. The molecule has 0 aromatic carbocycles. The summed E-state index contributed by atoms with van der Waals surface area (Å²) in [7, 11) is 1.36. The number of methoxy groups -OCH3 is 1. The highest BCUT2D eigenvalue weighted by Crippen LogP contribution is 2.28. The molecule has 0 spiro atoms. The zero-order valence-electron chi connectivity index (χ0n) is 13.9. The van der Waals surface area contributed by atoms with Gasteiger partial charge in [-0.3, -0.25) is 9.97 Å². The first kappa shape index (κ1) is 15.7.